The number of benzene rings is 2. The van der Waals surface area contributed by atoms with Crippen LogP contribution in [0.2, 0.25) is 0 Å². The van der Waals surface area contributed by atoms with Crippen LogP contribution >= 0.6 is 0 Å². The first kappa shape index (κ1) is 28.0. The molecule has 0 aliphatic rings. The van der Waals surface area contributed by atoms with Crippen LogP contribution in [0.4, 0.5) is 13.2 Å². The van der Waals surface area contributed by atoms with Crippen molar-refractivity contribution in [1.82, 2.24) is 4.90 Å². The molecule has 0 spiro atoms. The molecule has 3 aromatic rings. The maximum absolute atomic E-state index is 14.0. The average molecular weight is 525 g/mol. The number of fused-ring (bicyclic) bond motifs is 1. The molecular weight excluding hydrogens is 499 g/mol. The van der Waals surface area contributed by atoms with Crippen molar-refractivity contribution in [1.29, 1.82) is 0 Å². The van der Waals surface area contributed by atoms with Crippen molar-refractivity contribution in [3.8, 4) is 17.2 Å². The highest BCUT2D eigenvalue weighted by atomic mass is 19.4. The fraction of sp³-hybridized carbons (Fsp3) is 0.360. The van der Waals surface area contributed by atoms with Gasteiger partial charge in [-0.1, -0.05) is 0 Å². The number of carbonyl (C=O) groups is 1. The monoisotopic (exact) mass is 525 g/mol. The molecule has 9 nitrogen and oxygen atoms in total. The summed E-state index contributed by atoms with van der Waals surface area (Å²) in [4.78, 5) is 26.6. The number of phenols is 1. The molecule has 0 bridgehead atoms. The third-order valence-electron chi connectivity index (χ3n) is 5.45. The van der Waals surface area contributed by atoms with Crippen LogP contribution in [0.15, 0.2) is 45.6 Å². The lowest BCUT2D eigenvalue weighted by Gasteiger charge is -2.23. The summed E-state index contributed by atoms with van der Waals surface area (Å²) in [5, 5.41) is 10.3. The smallest absolute Gasteiger partial charge is 0.453 e. The predicted octanol–water partition coefficient (Wildman–Crippen LogP) is 4.19. The van der Waals surface area contributed by atoms with Gasteiger partial charge >= 0.3 is 12.1 Å². The van der Waals surface area contributed by atoms with E-state index in [0.717, 1.165) is 0 Å². The number of ether oxygens (including phenoxy) is 4. The highest BCUT2D eigenvalue weighted by Gasteiger charge is 2.41. The second kappa shape index (κ2) is 12.1. The predicted molar refractivity (Wildman–Crippen MR) is 126 cm³/mol. The van der Waals surface area contributed by atoms with Crippen LogP contribution in [0.5, 0.6) is 17.2 Å². The van der Waals surface area contributed by atoms with Gasteiger partial charge in [0.15, 0.2) is 0 Å². The summed E-state index contributed by atoms with van der Waals surface area (Å²) in [5.41, 5.74) is -1.35. The Bertz CT molecular complexity index is 1280. The van der Waals surface area contributed by atoms with E-state index in [4.69, 9.17) is 18.6 Å². The molecule has 0 amide bonds. The lowest BCUT2D eigenvalue weighted by atomic mass is 10.1. The molecular formula is C25H26F3NO8. The van der Waals surface area contributed by atoms with Gasteiger partial charge in [0.05, 0.1) is 36.8 Å². The van der Waals surface area contributed by atoms with Gasteiger partial charge in [-0.05, 0) is 36.4 Å². The Morgan fingerprint density at radius 1 is 1.00 bits per heavy atom. The number of aromatic hydroxyl groups is 1. The maximum Gasteiger partial charge on any atom is 0.453 e. The molecule has 1 heterocycles. The zero-order valence-corrected chi connectivity index (χ0v) is 20.4. The first-order valence-electron chi connectivity index (χ1n) is 11.1. The van der Waals surface area contributed by atoms with Gasteiger partial charge in [-0.2, -0.15) is 13.2 Å². The molecule has 0 radical (unpaired) electrons. The van der Waals surface area contributed by atoms with Gasteiger partial charge in [0.1, 0.15) is 17.1 Å². The second-order valence-corrected chi connectivity index (χ2v) is 7.91. The summed E-state index contributed by atoms with van der Waals surface area (Å²) >= 11 is 0. The standard InChI is InChI=1S/C25H26F3NO8/c1-33-12-10-29(11-13-34-2)14-18-19(30)9-8-17-20(31)22(23(25(26,27)28)37-21(17)18)36-16-6-4-15(5-7-16)24(32)35-3/h4-9,30H,10-14H2,1-3H3. The molecule has 12 heteroatoms. The Hall–Kier alpha value is -3.61. The van der Waals surface area contributed by atoms with E-state index >= 15 is 0 Å². The second-order valence-electron chi connectivity index (χ2n) is 7.91. The summed E-state index contributed by atoms with van der Waals surface area (Å²) in [6, 6.07) is 7.39. The summed E-state index contributed by atoms with van der Waals surface area (Å²) in [5.74, 6) is -3.85. The fourth-order valence-electron chi connectivity index (χ4n) is 3.55. The molecule has 200 valence electrons. The van der Waals surface area contributed by atoms with Gasteiger partial charge in [0.25, 0.3) is 5.76 Å². The first-order chi connectivity index (χ1) is 17.6. The summed E-state index contributed by atoms with van der Waals surface area (Å²) in [6.07, 6.45) is -5.09. The van der Waals surface area contributed by atoms with Gasteiger partial charge in [-0.15, -0.1) is 0 Å². The van der Waals surface area contributed by atoms with E-state index in [1.54, 1.807) is 4.90 Å². The molecule has 3 rings (SSSR count). The summed E-state index contributed by atoms with van der Waals surface area (Å²) in [6.45, 7) is 1.37. The Morgan fingerprint density at radius 2 is 1.62 bits per heavy atom. The van der Waals surface area contributed by atoms with Crippen LogP contribution in [-0.4, -0.2) is 63.6 Å². The number of hydrogen-bond acceptors (Lipinski definition) is 9. The topological polar surface area (TPSA) is 108 Å². The number of hydrogen-bond donors (Lipinski definition) is 1. The molecule has 0 fully saturated rings. The fourth-order valence-corrected chi connectivity index (χ4v) is 3.55. The normalized spacial score (nSPS) is 11.8. The number of rotatable bonds is 11. The Balaban J connectivity index is 2.11. The van der Waals surface area contributed by atoms with Crippen LogP contribution in [-0.2, 0) is 26.9 Å². The molecule has 37 heavy (non-hydrogen) atoms. The third-order valence-corrected chi connectivity index (χ3v) is 5.45. The number of esters is 1. The Morgan fingerprint density at radius 3 is 2.16 bits per heavy atom. The van der Waals surface area contributed by atoms with Gasteiger partial charge in [0, 0.05) is 33.9 Å². The lowest BCUT2D eigenvalue weighted by Crippen LogP contribution is -2.30. The highest BCUT2D eigenvalue weighted by Crippen LogP contribution is 2.40. The SMILES string of the molecule is COCCN(CCOC)Cc1c(O)ccc2c(=O)c(Oc3ccc(C(=O)OC)cc3)c(C(F)(F)F)oc12. The zero-order valence-electron chi connectivity index (χ0n) is 20.4. The molecule has 0 aliphatic heterocycles. The van der Waals surface area contributed by atoms with Crippen molar-refractivity contribution < 1.29 is 46.4 Å². The third kappa shape index (κ3) is 6.59. The molecule has 0 aliphatic carbocycles. The van der Waals surface area contributed by atoms with E-state index < -0.39 is 34.7 Å². The molecule has 1 aromatic heterocycles. The van der Waals surface area contributed by atoms with Crippen molar-refractivity contribution in [2.45, 2.75) is 12.7 Å². The number of halogens is 3. The van der Waals surface area contributed by atoms with E-state index in [1.807, 2.05) is 0 Å². The average Bonchev–Trinajstić information content (AvgIpc) is 2.87. The lowest BCUT2D eigenvalue weighted by molar-refractivity contribution is -0.154. The van der Waals surface area contributed by atoms with Crippen LogP contribution in [0.1, 0.15) is 21.7 Å². The zero-order chi connectivity index (χ0) is 27.2. The van der Waals surface area contributed by atoms with Crippen LogP contribution < -0.4 is 10.2 Å². The molecule has 1 N–H and O–H groups in total. The Labute approximate surface area is 209 Å². The highest BCUT2D eigenvalue weighted by molar-refractivity contribution is 5.89. The first-order valence-corrected chi connectivity index (χ1v) is 11.1. The van der Waals surface area contributed by atoms with Crippen molar-refractivity contribution in [2.24, 2.45) is 0 Å². The van der Waals surface area contributed by atoms with E-state index in [-0.39, 0.29) is 34.6 Å². The van der Waals surface area contributed by atoms with Gasteiger partial charge in [-0.3, -0.25) is 9.69 Å². The van der Waals surface area contributed by atoms with E-state index in [1.165, 1.54) is 57.7 Å². The van der Waals surface area contributed by atoms with Crippen molar-refractivity contribution >= 4 is 16.9 Å². The van der Waals surface area contributed by atoms with E-state index in [0.29, 0.717) is 26.3 Å². The molecule has 0 saturated carbocycles. The number of methoxy groups -OCH3 is 3. The Kier molecular flexibility index (Phi) is 9.14. The van der Waals surface area contributed by atoms with Crippen molar-refractivity contribution in [2.75, 3.05) is 47.6 Å². The van der Waals surface area contributed by atoms with E-state index in [2.05, 4.69) is 4.74 Å². The minimum absolute atomic E-state index is 0.00119. The number of carbonyl (C=O) groups excluding carboxylic acids is 1. The van der Waals surface area contributed by atoms with Gasteiger partial charge in [0.2, 0.25) is 11.2 Å². The maximum atomic E-state index is 14.0. The van der Waals surface area contributed by atoms with Crippen LogP contribution in [0.3, 0.4) is 0 Å². The van der Waals surface area contributed by atoms with Crippen molar-refractivity contribution in [3.05, 3.63) is 63.5 Å². The van der Waals surface area contributed by atoms with Gasteiger partial charge in [-0.25, -0.2) is 4.79 Å². The molecule has 2 aromatic carbocycles. The minimum Gasteiger partial charge on any atom is -0.507 e. The largest absolute Gasteiger partial charge is 0.507 e. The minimum atomic E-state index is -5.09. The number of alkyl halides is 3. The van der Waals surface area contributed by atoms with Gasteiger partial charge < -0.3 is 28.5 Å². The molecule has 0 saturated heterocycles. The number of phenolic OH excluding ortho intramolecular Hbond substituents is 1. The summed E-state index contributed by atoms with van der Waals surface area (Å²) in [7, 11) is 4.19. The van der Waals surface area contributed by atoms with E-state index in [9.17, 15) is 27.9 Å². The molecule has 0 unspecified atom stereocenters. The van der Waals surface area contributed by atoms with Crippen molar-refractivity contribution in [3.63, 3.8) is 0 Å². The number of nitrogens with zero attached hydrogens (tertiary/aromatic N) is 1. The summed E-state index contributed by atoms with van der Waals surface area (Å²) < 4.78 is 67.4. The van der Waals surface area contributed by atoms with Crippen LogP contribution in [0, 0.1) is 0 Å². The quantitative estimate of drug-likeness (QED) is 0.369. The molecule has 0 atom stereocenters. The van der Waals surface area contributed by atoms with Crippen LogP contribution in [0.25, 0.3) is 11.0 Å².